The first-order valence-corrected chi connectivity index (χ1v) is 12.4. The smallest absolute Gasteiger partial charge is 0.336 e. The van der Waals surface area contributed by atoms with Crippen molar-refractivity contribution in [2.75, 3.05) is 13.7 Å². The predicted octanol–water partition coefficient (Wildman–Crippen LogP) is 2.80. The minimum Gasteiger partial charge on any atom is -0.467 e. The highest BCUT2D eigenvalue weighted by molar-refractivity contribution is 6.06. The van der Waals surface area contributed by atoms with Crippen LogP contribution in [0.4, 0.5) is 0 Å². The van der Waals surface area contributed by atoms with Gasteiger partial charge in [0.15, 0.2) is 11.8 Å². The van der Waals surface area contributed by atoms with Crippen molar-refractivity contribution < 1.29 is 24.2 Å². The average molecular weight is 487 g/mol. The van der Waals surface area contributed by atoms with Gasteiger partial charge in [0.1, 0.15) is 6.04 Å². The van der Waals surface area contributed by atoms with Crippen LogP contribution in [0.3, 0.4) is 0 Å². The molecule has 3 rings (SSSR count). The van der Waals surface area contributed by atoms with E-state index in [9.17, 15) is 19.5 Å². The fourth-order valence-electron chi connectivity index (χ4n) is 4.62. The molecule has 1 fully saturated rings. The minimum atomic E-state index is -1.48. The van der Waals surface area contributed by atoms with E-state index in [1.807, 2.05) is 49.7 Å². The maximum absolute atomic E-state index is 13.4. The van der Waals surface area contributed by atoms with Gasteiger partial charge in [-0.2, -0.15) is 5.10 Å². The van der Waals surface area contributed by atoms with E-state index in [4.69, 9.17) is 0 Å². The number of carbonyl (C=O) groups excluding carboxylic acids is 3. The van der Waals surface area contributed by atoms with E-state index in [1.54, 1.807) is 0 Å². The fourth-order valence-corrected chi connectivity index (χ4v) is 4.62. The van der Waals surface area contributed by atoms with Gasteiger partial charge in [-0.05, 0) is 30.2 Å². The molecule has 1 unspecified atom stereocenters. The number of aliphatic hydroxyl groups excluding tert-OH is 1. The van der Waals surface area contributed by atoms with Crippen molar-refractivity contribution in [2.24, 2.45) is 11.3 Å². The molecule has 1 aromatic carbocycles. The van der Waals surface area contributed by atoms with E-state index < -0.39 is 35.3 Å². The molecular formula is C26H38N4O5. The summed E-state index contributed by atoms with van der Waals surface area (Å²) in [7, 11) is 1.16. The van der Waals surface area contributed by atoms with E-state index in [1.165, 1.54) is 38.5 Å². The highest BCUT2D eigenvalue weighted by atomic mass is 16.5. The summed E-state index contributed by atoms with van der Waals surface area (Å²) < 4.78 is 6.41. The lowest BCUT2D eigenvalue weighted by molar-refractivity contribution is -0.150. The Morgan fingerprint density at radius 3 is 2.43 bits per heavy atom. The highest BCUT2D eigenvalue weighted by Gasteiger charge is 2.34. The number of methoxy groups -OCH3 is 1. The van der Waals surface area contributed by atoms with Gasteiger partial charge in [-0.15, -0.1) is 0 Å². The third kappa shape index (κ3) is 6.81. The van der Waals surface area contributed by atoms with Gasteiger partial charge in [0.2, 0.25) is 5.91 Å². The molecule has 2 aromatic rings. The molecule has 0 spiro atoms. The van der Waals surface area contributed by atoms with Crippen LogP contribution in [0.5, 0.6) is 0 Å². The van der Waals surface area contributed by atoms with Crippen molar-refractivity contribution in [2.45, 2.75) is 78.0 Å². The van der Waals surface area contributed by atoms with E-state index >= 15 is 0 Å². The largest absolute Gasteiger partial charge is 0.467 e. The number of nitrogens with one attached hydrogen (secondary N) is 2. The number of carbonyl (C=O) groups is 3. The molecule has 1 heterocycles. The van der Waals surface area contributed by atoms with Gasteiger partial charge >= 0.3 is 5.97 Å². The van der Waals surface area contributed by atoms with Crippen LogP contribution in [0.15, 0.2) is 24.3 Å². The lowest BCUT2D eigenvalue weighted by Crippen LogP contribution is -2.55. The number of hydrogen-bond donors (Lipinski definition) is 3. The topological polar surface area (TPSA) is 123 Å². The SMILES string of the molecule is COC(=O)[C@@H](O)CNC(=O)C(NC(=O)c1nn(CC2CCCCCC2)c2ccccc12)C(C)(C)C. The maximum Gasteiger partial charge on any atom is 0.336 e. The second kappa shape index (κ2) is 11.7. The van der Waals surface area contributed by atoms with Gasteiger partial charge in [0.05, 0.1) is 19.2 Å². The van der Waals surface area contributed by atoms with Crippen LogP contribution >= 0.6 is 0 Å². The van der Waals surface area contributed by atoms with Gasteiger partial charge < -0.3 is 20.5 Å². The van der Waals surface area contributed by atoms with Crippen LogP contribution in [0.2, 0.25) is 0 Å². The molecule has 2 atom stereocenters. The van der Waals surface area contributed by atoms with Crippen LogP contribution in [0.1, 0.15) is 69.8 Å². The number of ether oxygens (including phenoxy) is 1. The van der Waals surface area contributed by atoms with Gasteiger partial charge in [-0.3, -0.25) is 14.3 Å². The molecule has 0 aliphatic heterocycles. The van der Waals surface area contributed by atoms with E-state index in [-0.39, 0.29) is 12.2 Å². The van der Waals surface area contributed by atoms with Crippen LogP contribution in [-0.4, -0.2) is 58.5 Å². The highest BCUT2D eigenvalue weighted by Crippen LogP contribution is 2.27. The number of fused-ring (bicyclic) bond motifs is 1. The summed E-state index contributed by atoms with van der Waals surface area (Å²) in [5.41, 5.74) is 0.556. The van der Waals surface area contributed by atoms with Crippen molar-refractivity contribution in [3.63, 3.8) is 0 Å². The Kier molecular flexibility index (Phi) is 8.88. The summed E-state index contributed by atoms with van der Waals surface area (Å²) in [6, 6.07) is 6.75. The number of rotatable bonds is 8. The molecule has 0 radical (unpaired) electrons. The zero-order chi connectivity index (χ0) is 25.6. The van der Waals surface area contributed by atoms with Crippen molar-refractivity contribution in [3.8, 4) is 0 Å². The molecule has 1 aliphatic carbocycles. The summed E-state index contributed by atoms with van der Waals surface area (Å²) in [6.07, 6.45) is 5.85. The summed E-state index contributed by atoms with van der Waals surface area (Å²) in [6.45, 7) is 5.94. The molecule has 2 amide bonds. The molecule has 1 saturated carbocycles. The average Bonchev–Trinajstić information content (AvgIpc) is 2.99. The Bertz CT molecular complexity index is 1030. The summed E-state index contributed by atoms with van der Waals surface area (Å²) in [5.74, 6) is -1.25. The first kappa shape index (κ1) is 26.7. The fraction of sp³-hybridized carbons (Fsp3) is 0.615. The van der Waals surface area contributed by atoms with E-state index in [0.29, 0.717) is 5.92 Å². The van der Waals surface area contributed by atoms with Gasteiger partial charge in [-0.1, -0.05) is 64.7 Å². The number of aromatic nitrogens is 2. The molecule has 35 heavy (non-hydrogen) atoms. The quantitative estimate of drug-likeness (QED) is 0.390. The maximum atomic E-state index is 13.4. The van der Waals surface area contributed by atoms with Crippen molar-refractivity contribution in [1.82, 2.24) is 20.4 Å². The molecule has 192 valence electrons. The molecule has 3 N–H and O–H groups in total. The normalized spacial score (nSPS) is 16.8. The van der Waals surface area contributed by atoms with Crippen LogP contribution < -0.4 is 10.6 Å². The van der Waals surface area contributed by atoms with Crippen LogP contribution in [0.25, 0.3) is 10.9 Å². The zero-order valence-corrected chi connectivity index (χ0v) is 21.2. The number of amides is 2. The van der Waals surface area contributed by atoms with Gasteiger partial charge in [0, 0.05) is 11.9 Å². The predicted molar refractivity (Wildman–Crippen MR) is 133 cm³/mol. The minimum absolute atomic E-state index is 0.283. The number of para-hydroxylation sites is 1. The Morgan fingerprint density at radius 2 is 1.80 bits per heavy atom. The second-order valence-electron chi connectivity index (χ2n) is 10.5. The third-order valence-electron chi connectivity index (χ3n) is 6.63. The van der Waals surface area contributed by atoms with Crippen LogP contribution in [0, 0.1) is 11.3 Å². The molecule has 1 aromatic heterocycles. The third-order valence-corrected chi connectivity index (χ3v) is 6.63. The van der Waals surface area contributed by atoms with Gasteiger partial charge in [0.25, 0.3) is 5.91 Å². The number of benzene rings is 1. The van der Waals surface area contributed by atoms with Crippen molar-refractivity contribution >= 4 is 28.7 Å². The number of nitrogens with zero attached hydrogens (tertiary/aromatic N) is 2. The van der Waals surface area contributed by atoms with Gasteiger partial charge in [-0.25, -0.2) is 4.79 Å². The first-order valence-electron chi connectivity index (χ1n) is 12.4. The molecular weight excluding hydrogens is 448 g/mol. The Morgan fingerprint density at radius 1 is 1.14 bits per heavy atom. The number of aliphatic hydroxyl groups is 1. The molecule has 1 aliphatic rings. The Hall–Kier alpha value is -2.94. The molecule has 0 saturated heterocycles. The van der Waals surface area contributed by atoms with Crippen molar-refractivity contribution in [3.05, 3.63) is 30.0 Å². The molecule has 0 bridgehead atoms. The number of hydrogen-bond acceptors (Lipinski definition) is 6. The summed E-state index contributed by atoms with van der Waals surface area (Å²) >= 11 is 0. The zero-order valence-electron chi connectivity index (χ0n) is 21.2. The van der Waals surface area contributed by atoms with E-state index in [0.717, 1.165) is 24.6 Å². The molecule has 9 nitrogen and oxygen atoms in total. The monoisotopic (exact) mass is 486 g/mol. The summed E-state index contributed by atoms with van der Waals surface area (Å²) in [5, 5.41) is 20.6. The standard InChI is InChI=1S/C26H38N4O5/c1-26(2,3)22(24(33)27-15-20(31)25(34)35-4)28-23(32)21-18-13-9-10-14-19(18)30(29-21)16-17-11-7-5-6-8-12-17/h9-10,13-14,17,20,22,31H,5-8,11-12,15-16H2,1-4H3,(H,27,33)(H,28,32)/t20-,22?/m0/s1. The molecule has 9 heteroatoms. The summed E-state index contributed by atoms with van der Waals surface area (Å²) in [4.78, 5) is 37.7. The first-order chi connectivity index (χ1) is 16.6. The Balaban J connectivity index is 1.79. The van der Waals surface area contributed by atoms with Crippen LogP contribution in [-0.2, 0) is 20.9 Å². The van der Waals surface area contributed by atoms with E-state index in [2.05, 4.69) is 20.5 Å². The lowest BCUT2D eigenvalue weighted by Gasteiger charge is -2.30. The second-order valence-corrected chi connectivity index (χ2v) is 10.5. The lowest BCUT2D eigenvalue weighted by atomic mass is 9.86. The van der Waals surface area contributed by atoms with Crippen molar-refractivity contribution in [1.29, 1.82) is 0 Å². The Labute approximate surface area is 206 Å². The number of esters is 1.